The van der Waals surface area contributed by atoms with Gasteiger partial charge in [-0.05, 0) is 61.3 Å². The van der Waals surface area contributed by atoms with Gasteiger partial charge in [-0.25, -0.2) is 4.39 Å². The topological polar surface area (TPSA) is 35.2 Å². The molecule has 0 radical (unpaired) electrons. The second kappa shape index (κ2) is 6.57. The molecule has 1 aromatic rings. The Balaban J connectivity index is 1.77. The Bertz CT molecular complexity index is 502. The van der Waals surface area contributed by atoms with Crippen molar-refractivity contribution in [1.29, 1.82) is 0 Å². The van der Waals surface area contributed by atoms with Crippen molar-refractivity contribution in [3.63, 3.8) is 0 Å². The number of hydrogen-bond acceptors (Lipinski definition) is 3. The van der Waals surface area contributed by atoms with Gasteiger partial charge in [0.2, 0.25) is 0 Å². The van der Waals surface area contributed by atoms with E-state index in [1.807, 2.05) is 17.8 Å². The first kappa shape index (κ1) is 15.8. The molecule has 3 rings (SSSR count). The Hall–Kier alpha value is -0.100. The molecule has 2 aliphatic rings. The van der Waals surface area contributed by atoms with Gasteiger partial charge >= 0.3 is 0 Å². The molecule has 21 heavy (non-hydrogen) atoms. The molecule has 1 aromatic carbocycles. The monoisotopic (exact) mass is 373 g/mol. The molecular weight excluding hydrogens is 353 g/mol. The Morgan fingerprint density at radius 1 is 1.38 bits per heavy atom. The van der Waals surface area contributed by atoms with Crippen LogP contribution in [0.3, 0.4) is 0 Å². The first-order valence-electron chi connectivity index (χ1n) is 7.52. The highest BCUT2D eigenvalue weighted by molar-refractivity contribution is 9.10. The van der Waals surface area contributed by atoms with E-state index < -0.39 is 0 Å². The van der Waals surface area contributed by atoms with Crippen LogP contribution in [0.4, 0.5) is 4.39 Å². The van der Waals surface area contributed by atoms with E-state index in [4.69, 9.17) is 10.5 Å². The molecule has 0 aliphatic carbocycles. The summed E-state index contributed by atoms with van der Waals surface area (Å²) in [5.41, 5.74) is 7.02. The van der Waals surface area contributed by atoms with E-state index in [1.165, 1.54) is 6.07 Å². The number of thioether (sulfide) groups is 1. The third kappa shape index (κ3) is 3.46. The molecule has 0 bridgehead atoms. The van der Waals surface area contributed by atoms with Gasteiger partial charge < -0.3 is 10.5 Å². The Morgan fingerprint density at radius 3 is 2.90 bits per heavy atom. The van der Waals surface area contributed by atoms with Crippen LogP contribution in [0.2, 0.25) is 0 Å². The average Bonchev–Trinajstić information content (AvgIpc) is 2.50. The summed E-state index contributed by atoms with van der Waals surface area (Å²) < 4.78 is 21.1. The van der Waals surface area contributed by atoms with Crippen molar-refractivity contribution >= 4 is 27.7 Å². The number of halogens is 2. The summed E-state index contributed by atoms with van der Waals surface area (Å²) >= 11 is 5.40. The van der Waals surface area contributed by atoms with Crippen molar-refractivity contribution in [2.75, 3.05) is 18.1 Å². The number of benzene rings is 1. The normalized spacial score (nSPS) is 26.7. The minimum absolute atomic E-state index is 0.00568. The van der Waals surface area contributed by atoms with Crippen LogP contribution in [0.1, 0.15) is 37.3 Å². The van der Waals surface area contributed by atoms with E-state index in [1.54, 1.807) is 6.07 Å². The maximum Gasteiger partial charge on any atom is 0.128 e. The first-order chi connectivity index (χ1) is 10.1. The van der Waals surface area contributed by atoms with E-state index in [0.29, 0.717) is 11.5 Å². The van der Waals surface area contributed by atoms with Crippen molar-refractivity contribution in [3.05, 3.63) is 34.1 Å². The number of ether oxygens (including phenoxy) is 1. The van der Waals surface area contributed by atoms with E-state index in [0.717, 1.165) is 48.3 Å². The maximum absolute atomic E-state index is 14.1. The SMILES string of the molecule is NC(c1cc(Br)ccc1F)C1CCOC2(CCSCC2)C1. The molecule has 2 heterocycles. The highest BCUT2D eigenvalue weighted by Gasteiger charge is 2.40. The molecule has 0 aromatic heterocycles. The van der Waals surface area contributed by atoms with E-state index >= 15 is 0 Å². The van der Waals surface area contributed by atoms with Crippen LogP contribution in [0.25, 0.3) is 0 Å². The molecule has 2 N–H and O–H groups in total. The van der Waals surface area contributed by atoms with Gasteiger partial charge in [-0.1, -0.05) is 15.9 Å². The Morgan fingerprint density at radius 2 is 2.14 bits per heavy atom. The number of nitrogens with two attached hydrogens (primary N) is 1. The quantitative estimate of drug-likeness (QED) is 0.839. The van der Waals surface area contributed by atoms with Crippen molar-refractivity contribution in [2.45, 2.75) is 37.3 Å². The third-order valence-electron chi connectivity index (χ3n) is 4.76. The largest absolute Gasteiger partial charge is 0.375 e. The lowest BCUT2D eigenvalue weighted by atomic mass is 9.77. The number of hydrogen-bond donors (Lipinski definition) is 1. The van der Waals surface area contributed by atoms with Crippen molar-refractivity contribution in [3.8, 4) is 0 Å². The van der Waals surface area contributed by atoms with Crippen molar-refractivity contribution < 1.29 is 9.13 Å². The van der Waals surface area contributed by atoms with Gasteiger partial charge in [0.15, 0.2) is 0 Å². The molecule has 2 aliphatic heterocycles. The minimum Gasteiger partial charge on any atom is -0.375 e. The Kier molecular flexibility index (Phi) is 4.94. The van der Waals surface area contributed by atoms with Crippen molar-refractivity contribution in [2.24, 2.45) is 11.7 Å². The van der Waals surface area contributed by atoms with Gasteiger partial charge in [-0.15, -0.1) is 0 Å². The highest BCUT2D eigenvalue weighted by Crippen LogP contribution is 2.43. The van der Waals surface area contributed by atoms with E-state index in [9.17, 15) is 4.39 Å². The van der Waals surface area contributed by atoms with E-state index in [2.05, 4.69) is 15.9 Å². The molecule has 2 fully saturated rings. The fourth-order valence-corrected chi connectivity index (χ4v) is 5.10. The third-order valence-corrected chi connectivity index (χ3v) is 6.24. The minimum atomic E-state index is -0.252. The molecule has 1 spiro atoms. The lowest BCUT2D eigenvalue weighted by Gasteiger charge is -2.44. The molecular formula is C16H21BrFNOS. The standard InChI is InChI=1S/C16H21BrFNOS/c17-12-1-2-14(18)13(9-12)15(19)11-3-6-20-16(10-11)4-7-21-8-5-16/h1-2,9,11,15H,3-8,10,19H2. The predicted molar refractivity (Wildman–Crippen MR) is 89.0 cm³/mol. The molecule has 2 atom stereocenters. The average molecular weight is 374 g/mol. The molecule has 0 saturated carbocycles. The van der Waals surface area contributed by atoms with Gasteiger partial charge in [0, 0.05) is 22.7 Å². The van der Waals surface area contributed by atoms with Crippen LogP contribution in [-0.2, 0) is 4.74 Å². The highest BCUT2D eigenvalue weighted by atomic mass is 79.9. The fraction of sp³-hybridized carbons (Fsp3) is 0.625. The van der Waals surface area contributed by atoms with Crippen molar-refractivity contribution in [1.82, 2.24) is 0 Å². The first-order valence-corrected chi connectivity index (χ1v) is 9.47. The summed E-state index contributed by atoms with van der Waals surface area (Å²) in [4.78, 5) is 0. The van der Waals surface area contributed by atoms with Crippen LogP contribution in [0.5, 0.6) is 0 Å². The maximum atomic E-state index is 14.1. The second-order valence-electron chi connectivity index (χ2n) is 6.09. The summed E-state index contributed by atoms with van der Waals surface area (Å²) in [7, 11) is 0. The predicted octanol–water partition coefficient (Wildman–Crippen LogP) is 4.28. The second-order valence-corrected chi connectivity index (χ2v) is 8.23. The zero-order valence-corrected chi connectivity index (χ0v) is 14.4. The van der Waals surface area contributed by atoms with Gasteiger partial charge in [0.25, 0.3) is 0 Å². The molecule has 2 nitrogen and oxygen atoms in total. The Labute approximate surface area is 138 Å². The van der Waals surface area contributed by atoms with Gasteiger partial charge in [-0.2, -0.15) is 11.8 Å². The molecule has 2 unspecified atom stereocenters. The van der Waals surface area contributed by atoms with Crippen LogP contribution in [0, 0.1) is 11.7 Å². The summed E-state index contributed by atoms with van der Waals surface area (Å²) in [6.45, 7) is 0.749. The lowest BCUT2D eigenvalue weighted by molar-refractivity contribution is -0.106. The molecule has 5 heteroatoms. The summed E-state index contributed by atoms with van der Waals surface area (Å²) in [5.74, 6) is 2.41. The van der Waals surface area contributed by atoms with E-state index in [-0.39, 0.29) is 17.5 Å². The lowest BCUT2D eigenvalue weighted by Crippen LogP contribution is -2.45. The molecule has 0 amide bonds. The zero-order chi connectivity index (χ0) is 14.9. The molecule has 116 valence electrons. The summed E-state index contributed by atoms with van der Waals surface area (Å²) in [6.07, 6.45) is 4.08. The smallest absolute Gasteiger partial charge is 0.128 e. The van der Waals surface area contributed by atoms with Crippen LogP contribution < -0.4 is 5.73 Å². The summed E-state index contributed by atoms with van der Waals surface area (Å²) in [6, 6.07) is 4.78. The van der Waals surface area contributed by atoms with Gasteiger partial charge in [-0.3, -0.25) is 0 Å². The summed E-state index contributed by atoms with van der Waals surface area (Å²) in [5, 5.41) is 0. The van der Waals surface area contributed by atoms with Crippen LogP contribution >= 0.6 is 27.7 Å². The van der Waals surface area contributed by atoms with Gasteiger partial charge in [0.1, 0.15) is 5.82 Å². The van der Waals surface area contributed by atoms with Crippen LogP contribution in [0.15, 0.2) is 22.7 Å². The van der Waals surface area contributed by atoms with Crippen LogP contribution in [-0.4, -0.2) is 23.7 Å². The molecule has 2 saturated heterocycles. The zero-order valence-electron chi connectivity index (χ0n) is 12.0. The number of rotatable bonds is 2. The fourth-order valence-electron chi connectivity index (χ4n) is 3.49. The van der Waals surface area contributed by atoms with Gasteiger partial charge in [0.05, 0.1) is 5.60 Å².